The number of benzene rings is 7. The maximum Gasteiger partial charge on any atom is 0.247 e. The van der Waals surface area contributed by atoms with Crippen LogP contribution in [0.2, 0.25) is 0 Å². The first kappa shape index (κ1) is 53.4. The van der Waals surface area contributed by atoms with Crippen molar-refractivity contribution in [1.29, 1.82) is 0 Å². The van der Waals surface area contributed by atoms with Crippen LogP contribution >= 0.6 is 0 Å². The second-order valence-corrected chi connectivity index (χ2v) is 20.4. The zero-order valence-corrected chi connectivity index (χ0v) is 44.8. The van der Waals surface area contributed by atoms with E-state index in [1.807, 2.05) is 169 Å². The van der Waals surface area contributed by atoms with Gasteiger partial charge in [0.25, 0.3) is 0 Å². The number of carbonyl (C=O) groups excluding carboxylic acids is 3. The number of pyridine rings is 2. The number of hydrogen-bond acceptors (Lipinski definition) is 6. The molecule has 0 saturated heterocycles. The van der Waals surface area contributed by atoms with Gasteiger partial charge < -0.3 is 20.0 Å². The molecule has 0 saturated carbocycles. The van der Waals surface area contributed by atoms with E-state index in [9.17, 15) is 14.4 Å². The van der Waals surface area contributed by atoms with Crippen molar-refractivity contribution in [3.05, 3.63) is 292 Å². The number of carbonyl (C=O) groups is 3. The molecular weight excluding hydrogens is 973 g/mol. The van der Waals surface area contributed by atoms with Gasteiger partial charge in [-0.1, -0.05) is 200 Å². The lowest BCUT2D eigenvalue weighted by atomic mass is 9.97. The molecule has 0 spiro atoms. The van der Waals surface area contributed by atoms with Crippen LogP contribution in [-0.2, 0) is 66.2 Å². The average Bonchev–Trinajstić information content (AvgIpc) is 3.55. The average molecular weight is 1040 g/mol. The highest BCUT2D eigenvalue weighted by atomic mass is 16.2. The van der Waals surface area contributed by atoms with E-state index >= 15 is 0 Å². The Morgan fingerprint density at radius 3 is 1.52 bits per heavy atom. The zero-order chi connectivity index (χ0) is 54.2. The van der Waals surface area contributed by atoms with Crippen LogP contribution in [0.5, 0.6) is 0 Å². The second kappa shape index (κ2) is 26.3. The number of hydrogen-bond donors (Lipinski definition) is 1. The number of amides is 3. The molecule has 2 aliphatic heterocycles. The fraction of sp³-hybridized carbons (Fsp3) is 0.186. The third kappa shape index (κ3) is 14.3. The lowest BCUT2D eigenvalue weighted by Crippen LogP contribution is -2.52. The van der Waals surface area contributed by atoms with E-state index in [2.05, 4.69) is 94.1 Å². The quantitative estimate of drug-likeness (QED) is 0.0968. The van der Waals surface area contributed by atoms with Crippen molar-refractivity contribution >= 4 is 23.8 Å². The molecule has 9 aromatic rings. The molecule has 3 amide bonds. The Morgan fingerprint density at radius 1 is 0.506 bits per heavy atom. The highest BCUT2D eigenvalue weighted by Gasteiger charge is 2.34. The summed E-state index contributed by atoms with van der Waals surface area (Å²) >= 11 is 0. The monoisotopic (exact) mass is 1040 g/mol. The van der Waals surface area contributed by atoms with Gasteiger partial charge in [-0.3, -0.25) is 24.4 Å². The number of aromatic nitrogens is 2. The SMILES string of the molecule is Cc1ccc(/C=C/C(=O)N(Cc2ccc(-c3ccccn3)cc2)[C@@H](Cc2ccccc2)C(=O)N2CCc3ccccc3C2)cc1.O=C([C@H](Cc1ccccc1)NCc1ccc(-c2ccccn2)cc1)N1CCc2ccccc2C1. The molecule has 2 aromatic heterocycles. The third-order valence-corrected chi connectivity index (χ3v) is 14.9. The molecule has 4 heterocycles. The molecule has 0 bridgehead atoms. The Labute approximate surface area is 465 Å². The van der Waals surface area contributed by atoms with Crippen LogP contribution in [0.3, 0.4) is 0 Å². The van der Waals surface area contributed by atoms with E-state index in [0.717, 1.165) is 80.8 Å². The lowest BCUT2D eigenvalue weighted by molar-refractivity contribution is -0.144. The lowest BCUT2D eigenvalue weighted by Gasteiger charge is -2.37. The second-order valence-electron chi connectivity index (χ2n) is 20.4. The summed E-state index contributed by atoms with van der Waals surface area (Å²) in [6.45, 7) is 5.59. The van der Waals surface area contributed by atoms with Gasteiger partial charge in [-0.15, -0.1) is 0 Å². The third-order valence-electron chi connectivity index (χ3n) is 14.9. The van der Waals surface area contributed by atoms with Gasteiger partial charge in [0.05, 0.1) is 17.4 Å². The number of rotatable bonds is 16. The summed E-state index contributed by atoms with van der Waals surface area (Å²) in [5.41, 5.74) is 15.4. The van der Waals surface area contributed by atoms with E-state index in [-0.39, 0.29) is 23.8 Å². The van der Waals surface area contributed by atoms with Gasteiger partial charge in [-0.05, 0) is 107 Å². The highest BCUT2D eigenvalue weighted by Crippen LogP contribution is 2.26. The predicted octanol–water partition coefficient (Wildman–Crippen LogP) is 12.3. The van der Waals surface area contributed by atoms with E-state index in [1.54, 1.807) is 17.2 Å². The number of nitrogens with one attached hydrogen (secondary N) is 1. The summed E-state index contributed by atoms with van der Waals surface area (Å²) in [5.74, 6) is -0.0601. The normalized spacial score (nSPS) is 13.5. The Balaban J connectivity index is 0.000000185. The summed E-state index contributed by atoms with van der Waals surface area (Å²) < 4.78 is 0. The fourth-order valence-electron chi connectivity index (χ4n) is 10.4. The number of nitrogens with zero attached hydrogens (tertiary/aromatic N) is 5. The minimum absolute atomic E-state index is 0.0319. The zero-order valence-electron chi connectivity index (χ0n) is 44.8. The Morgan fingerprint density at radius 2 is 0.987 bits per heavy atom. The van der Waals surface area contributed by atoms with Crippen molar-refractivity contribution in [2.75, 3.05) is 13.1 Å². The van der Waals surface area contributed by atoms with Gasteiger partial charge in [0.15, 0.2) is 0 Å². The van der Waals surface area contributed by atoms with Crippen LogP contribution in [0.25, 0.3) is 28.6 Å². The van der Waals surface area contributed by atoms with Gasteiger partial charge >= 0.3 is 0 Å². The van der Waals surface area contributed by atoms with Gasteiger partial charge in [-0.2, -0.15) is 0 Å². The first-order valence-corrected chi connectivity index (χ1v) is 27.4. The molecule has 11 rings (SSSR count). The minimum Gasteiger partial charge on any atom is -0.337 e. The molecule has 9 heteroatoms. The van der Waals surface area contributed by atoms with Crippen LogP contribution in [0.4, 0.5) is 0 Å². The number of aryl methyl sites for hydroxylation is 1. The molecule has 0 radical (unpaired) electrons. The Kier molecular flexibility index (Phi) is 17.8. The van der Waals surface area contributed by atoms with Crippen molar-refractivity contribution in [3.63, 3.8) is 0 Å². The Hall–Kier alpha value is -9.05. The molecule has 9 nitrogen and oxygen atoms in total. The topological polar surface area (TPSA) is 98.7 Å². The molecule has 2 aliphatic rings. The van der Waals surface area contributed by atoms with Crippen molar-refractivity contribution in [2.24, 2.45) is 0 Å². The minimum atomic E-state index is -0.678. The van der Waals surface area contributed by atoms with E-state index in [1.165, 1.54) is 16.7 Å². The molecule has 0 aliphatic carbocycles. The summed E-state index contributed by atoms with van der Waals surface area (Å²) in [4.78, 5) is 56.8. The van der Waals surface area contributed by atoms with Crippen molar-refractivity contribution < 1.29 is 14.4 Å². The molecule has 0 unspecified atom stereocenters. The standard InChI is InChI=1S/C40H37N3O2.C30H29N3O/c1-30-14-16-31(17-15-30)20-23-39(44)43(28-33-18-21-35(22-19-33)37-13-7-8-25-41-37)38(27-32-9-3-2-4-10-32)40(45)42-26-24-34-11-5-6-12-36(34)29-42;34-30(33-19-17-25-10-4-5-11-27(25)22-33)29(20-23-8-2-1-3-9-23)32-21-24-13-15-26(16-14-24)28-12-6-7-18-31-28/h2-23,25,38H,24,26-29H2,1H3;1-16,18,29,32H,17,19-22H2/b23-20+;/t38-;29-/m00/s1. The van der Waals surface area contributed by atoms with Gasteiger partial charge in [0.2, 0.25) is 17.7 Å². The largest absolute Gasteiger partial charge is 0.337 e. The predicted molar refractivity (Wildman–Crippen MR) is 316 cm³/mol. The summed E-state index contributed by atoms with van der Waals surface area (Å²) in [6.07, 6.45) is 9.83. The van der Waals surface area contributed by atoms with Crippen molar-refractivity contribution in [2.45, 2.75) is 70.9 Å². The van der Waals surface area contributed by atoms with E-state index < -0.39 is 6.04 Å². The molecule has 7 aromatic carbocycles. The Bertz CT molecular complexity index is 3450. The highest BCUT2D eigenvalue weighted by molar-refractivity contribution is 5.96. The van der Waals surface area contributed by atoms with Gasteiger partial charge in [-0.25, -0.2) is 0 Å². The summed E-state index contributed by atoms with van der Waals surface area (Å²) in [5, 5.41) is 3.56. The maximum atomic E-state index is 14.5. The first-order valence-electron chi connectivity index (χ1n) is 27.4. The van der Waals surface area contributed by atoms with Gasteiger partial charge in [0.1, 0.15) is 6.04 Å². The van der Waals surface area contributed by atoms with Crippen LogP contribution in [0, 0.1) is 6.92 Å². The molecule has 2 atom stereocenters. The fourth-order valence-corrected chi connectivity index (χ4v) is 10.4. The van der Waals surface area contributed by atoms with Crippen LogP contribution in [0.15, 0.2) is 237 Å². The molecule has 0 fully saturated rings. The maximum absolute atomic E-state index is 14.5. The molecular formula is C70H66N6O3. The van der Waals surface area contributed by atoms with Crippen molar-refractivity contribution in [3.8, 4) is 22.5 Å². The van der Waals surface area contributed by atoms with Crippen LogP contribution in [-0.4, -0.2) is 67.6 Å². The molecule has 394 valence electrons. The summed E-state index contributed by atoms with van der Waals surface area (Å²) in [6, 6.07) is 72.4. The van der Waals surface area contributed by atoms with Gasteiger partial charge in [0, 0.05) is 75.3 Å². The van der Waals surface area contributed by atoms with Crippen LogP contribution < -0.4 is 5.32 Å². The smallest absolute Gasteiger partial charge is 0.247 e. The number of fused-ring (bicyclic) bond motifs is 2. The molecule has 79 heavy (non-hydrogen) atoms. The van der Waals surface area contributed by atoms with Crippen molar-refractivity contribution in [1.82, 2.24) is 30.0 Å². The molecule has 1 N–H and O–H groups in total. The first-order chi connectivity index (χ1) is 38.8. The van der Waals surface area contributed by atoms with E-state index in [0.29, 0.717) is 45.6 Å². The van der Waals surface area contributed by atoms with Crippen LogP contribution in [0.1, 0.15) is 55.6 Å². The summed E-state index contributed by atoms with van der Waals surface area (Å²) in [7, 11) is 0. The van der Waals surface area contributed by atoms with E-state index in [4.69, 9.17) is 0 Å².